The molecule has 0 atom stereocenters. The third-order valence-corrected chi connectivity index (χ3v) is 5.32. The van der Waals surface area contributed by atoms with Crippen LogP contribution in [-0.2, 0) is 0 Å². The van der Waals surface area contributed by atoms with Gasteiger partial charge in [-0.15, -0.1) is 0 Å². The fourth-order valence-corrected chi connectivity index (χ4v) is 3.76. The molecule has 1 aliphatic rings. The van der Waals surface area contributed by atoms with Gasteiger partial charge in [-0.05, 0) is 45.6 Å². The fourth-order valence-electron chi connectivity index (χ4n) is 3.76. The lowest BCUT2D eigenvalue weighted by molar-refractivity contribution is 0.149. The highest BCUT2D eigenvalue weighted by atomic mass is 16.5. The Morgan fingerprint density at radius 3 is 2.43 bits per heavy atom. The summed E-state index contributed by atoms with van der Waals surface area (Å²) in [6.07, 6.45) is 5.62. The molecule has 0 radical (unpaired) electrons. The lowest BCUT2D eigenvalue weighted by atomic mass is 9.98. The van der Waals surface area contributed by atoms with Gasteiger partial charge in [-0.2, -0.15) is 5.10 Å². The highest BCUT2D eigenvalue weighted by Gasteiger charge is 2.22. The number of aromatic nitrogens is 4. The predicted octanol–water partition coefficient (Wildman–Crippen LogP) is 4.24. The molecular formula is C23H27N5O2. The number of nitrogens with two attached hydrogens (primary N) is 1. The van der Waals surface area contributed by atoms with Crippen molar-refractivity contribution >= 4 is 5.82 Å². The number of benzene rings is 1. The third kappa shape index (κ3) is 4.20. The second kappa shape index (κ2) is 8.65. The van der Waals surface area contributed by atoms with Gasteiger partial charge >= 0.3 is 0 Å². The van der Waals surface area contributed by atoms with Crippen molar-refractivity contribution in [2.24, 2.45) is 0 Å². The quantitative estimate of drug-likeness (QED) is 0.682. The molecule has 4 rings (SSSR count). The molecule has 0 spiro atoms. The molecule has 156 valence electrons. The van der Waals surface area contributed by atoms with Crippen LogP contribution in [0.1, 0.15) is 52.0 Å². The topological polar surface area (TPSA) is 95.9 Å². The van der Waals surface area contributed by atoms with Gasteiger partial charge in [0.1, 0.15) is 23.2 Å². The van der Waals surface area contributed by atoms with Crippen molar-refractivity contribution in [2.45, 2.75) is 58.1 Å². The van der Waals surface area contributed by atoms with E-state index < -0.39 is 0 Å². The van der Waals surface area contributed by atoms with Crippen molar-refractivity contribution < 1.29 is 4.74 Å². The summed E-state index contributed by atoms with van der Waals surface area (Å²) in [5.74, 6) is 0.598. The summed E-state index contributed by atoms with van der Waals surface area (Å²) in [7, 11) is 0. The summed E-state index contributed by atoms with van der Waals surface area (Å²) < 4.78 is 7.59. The Morgan fingerprint density at radius 1 is 1.00 bits per heavy atom. The number of rotatable bonds is 5. The van der Waals surface area contributed by atoms with E-state index in [1.54, 1.807) is 6.07 Å². The van der Waals surface area contributed by atoms with E-state index in [1.807, 2.05) is 44.2 Å². The van der Waals surface area contributed by atoms with Crippen molar-refractivity contribution in [3.05, 3.63) is 52.8 Å². The number of anilines is 1. The molecule has 7 heteroatoms. The first-order chi connectivity index (χ1) is 14.5. The van der Waals surface area contributed by atoms with E-state index >= 15 is 0 Å². The molecule has 2 heterocycles. The minimum absolute atomic E-state index is 0.0719. The zero-order chi connectivity index (χ0) is 21.1. The molecule has 2 N–H and O–H groups in total. The summed E-state index contributed by atoms with van der Waals surface area (Å²) in [6.45, 7) is 3.84. The Morgan fingerprint density at radius 2 is 1.73 bits per heavy atom. The first-order valence-corrected chi connectivity index (χ1v) is 10.5. The van der Waals surface area contributed by atoms with Crippen molar-refractivity contribution in [3.8, 4) is 28.5 Å². The first-order valence-electron chi connectivity index (χ1n) is 10.5. The van der Waals surface area contributed by atoms with E-state index in [0.29, 0.717) is 23.0 Å². The van der Waals surface area contributed by atoms with Gasteiger partial charge in [-0.1, -0.05) is 36.8 Å². The van der Waals surface area contributed by atoms with Crippen LogP contribution in [0, 0.1) is 0 Å². The van der Waals surface area contributed by atoms with Gasteiger partial charge in [0.05, 0.1) is 6.04 Å². The number of hydrogen-bond donors (Lipinski definition) is 1. The summed E-state index contributed by atoms with van der Waals surface area (Å²) >= 11 is 0. The van der Waals surface area contributed by atoms with E-state index in [-0.39, 0.29) is 23.5 Å². The van der Waals surface area contributed by atoms with Crippen molar-refractivity contribution in [1.29, 1.82) is 0 Å². The fraction of sp³-hybridized carbons (Fsp3) is 0.391. The van der Waals surface area contributed by atoms with Crippen LogP contribution in [0.5, 0.6) is 5.88 Å². The maximum atomic E-state index is 12.2. The molecule has 1 aliphatic carbocycles. The molecular weight excluding hydrogens is 378 g/mol. The zero-order valence-electron chi connectivity index (χ0n) is 17.4. The van der Waals surface area contributed by atoms with E-state index in [2.05, 4.69) is 10.1 Å². The van der Waals surface area contributed by atoms with Gasteiger partial charge in [-0.25, -0.2) is 14.6 Å². The van der Waals surface area contributed by atoms with Crippen LogP contribution in [0.4, 0.5) is 5.82 Å². The highest BCUT2D eigenvalue weighted by molar-refractivity contribution is 5.77. The maximum Gasteiger partial charge on any atom is 0.267 e. The minimum Gasteiger partial charge on any atom is -0.472 e. The Bertz CT molecular complexity index is 1070. The van der Waals surface area contributed by atoms with Gasteiger partial charge in [0, 0.05) is 11.6 Å². The van der Waals surface area contributed by atoms with E-state index in [4.69, 9.17) is 15.5 Å². The van der Waals surface area contributed by atoms with Gasteiger partial charge in [0.2, 0.25) is 0 Å². The monoisotopic (exact) mass is 405 g/mol. The zero-order valence-corrected chi connectivity index (χ0v) is 17.4. The molecule has 0 unspecified atom stereocenters. The SMILES string of the molecule is CC(C)n1nc(-c2nc(OC3CCCCC3)c(N)nc2-c2ccccc2)ccc1=O. The molecule has 1 fully saturated rings. The average Bonchev–Trinajstić information content (AvgIpc) is 2.76. The Balaban J connectivity index is 1.84. The average molecular weight is 406 g/mol. The van der Waals surface area contributed by atoms with E-state index in [9.17, 15) is 4.79 Å². The molecule has 30 heavy (non-hydrogen) atoms. The van der Waals surface area contributed by atoms with Gasteiger partial charge in [0.15, 0.2) is 5.82 Å². The van der Waals surface area contributed by atoms with Gasteiger partial charge in [-0.3, -0.25) is 4.79 Å². The van der Waals surface area contributed by atoms with Crippen LogP contribution in [0.3, 0.4) is 0 Å². The largest absolute Gasteiger partial charge is 0.472 e. The molecule has 7 nitrogen and oxygen atoms in total. The van der Waals surface area contributed by atoms with Crippen molar-refractivity contribution in [3.63, 3.8) is 0 Å². The van der Waals surface area contributed by atoms with E-state index in [1.165, 1.54) is 17.2 Å². The molecule has 0 bridgehead atoms. The Kier molecular flexibility index (Phi) is 5.79. The lowest BCUT2D eigenvalue weighted by Crippen LogP contribution is -2.24. The maximum absolute atomic E-state index is 12.2. The predicted molar refractivity (Wildman–Crippen MR) is 117 cm³/mol. The standard InChI is InChI=1S/C23H27N5O2/c1-15(2)28-19(29)14-13-18(27-28)21-20(16-9-5-3-6-10-16)25-22(24)23(26-21)30-17-11-7-4-8-12-17/h3,5-6,9-10,13-15,17H,4,7-8,11-12H2,1-2H3,(H2,24,25). The van der Waals surface area contributed by atoms with Crippen LogP contribution in [-0.4, -0.2) is 25.9 Å². The molecule has 1 saturated carbocycles. The molecule has 0 saturated heterocycles. The summed E-state index contributed by atoms with van der Waals surface area (Å²) in [5, 5.41) is 4.55. The Hall–Kier alpha value is -3.22. The normalized spacial score (nSPS) is 14.8. The molecule has 0 aliphatic heterocycles. The van der Waals surface area contributed by atoms with Crippen LogP contribution < -0.4 is 16.0 Å². The molecule has 3 aromatic rings. The number of nitrogen functional groups attached to an aromatic ring is 1. The lowest BCUT2D eigenvalue weighted by Gasteiger charge is -2.23. The van der Waals surface area contributed by atoms with Crippen molar-refractivity contribution in [1.82, 2.24) is 19.7 Å². The van der Waals surface area contributed by atoms with Crippen LogP contribution in [0.25, 0.3) is 22.6 Å². The molecule has 1 aromatic carbocycles. The molecule has 0 amide bonds. The molecule has 2 aromatic heterocycles. The Labute approximate surface area is 175 Å². The van der Waals surface area contributed by atoms with Gasteiger partial charge < -0.3 is 10.5 Å². The second-order valence-corrected chi connectivity index (χ2v) is 7.95. The summed E-state index contributed by atoms with van der Waals surface area (Å²) in [5.41, 5.74) is 8.70. The summed E-state index contributed by atoms with van der Waals surface area (Å²) in [4.78, 5) is 21.6. The van der Waals surface area contributed by atoms with Crippen molar-refractivity contribution in [2.75, 3.05) is 5.73 Å². The van der Waals surface area contributed by atoms with Crippen LogP contribution in [0.15, 0.2) is 47.3 Å². The van der Waals surface area contributed by atoms with E-state index in [0.717, 1.165) is 31.2 Å². The highest BCUT2D eigenvalue weighted by Crippen LogP contribution is 2.33. The first kappa shape index (κ1) is 20.1. The third-order valence-electron chi connectivity index (χ3n) is 5.32. The number of hydrogen-bond acceptors (Lipinski definition) is 6. The number of ether oxygens (including phenoxy) is 1. The smallest absolute Gasteiger partial charge is 0.267 e. The minimum atomic E-state index is -0.155. The van der Waals surface area contributed by atoms with Gasteiger partial charge in [0.25, 0.3) is 11.4 Å². The second-order valence-electron chi connectivity index (χ2n) is 7.95. The number of nitrogens with zero attached hydrogens (tertiary/aromatic N) is 4. The summed E-state index contributed by atoms with van der Waals surface area (Å²) in [6, 6.07) is 12.8. The van der Waals surface area contributed by atoms with Crippen LogP contribution in [0.2, 0.25) is 0 Å². The van der Waals surface area contributed by atoms with Crippen LogP contribution >= 0.6 is 0 Å².